The van der Waals surface area contributed by atoms with Crippen LogP contribution in [0.3, 0.4) is 0 Å². The summed E-state index contributed by atoms with van der Waals surface area (Å²) >= 11 is 0. The number of ether oxygens (including phenoxy) is 1. The number of carbonyl (C=O) groups is 1. The van der Waals surface area contributed by atoms with E-state index in [0.717, 1.165) is 31.4 Å². The Balaban J connectivity index is 1.55. The monoisotopic (exact) mass is 302 g/mol. The maximum atomic E-state index is 11.8. The number of carbonyl (C=O) groups excluding carboxylic acids is 1. The summed E-state index contributed by atoms with van der Waals surface area (Å²) in [4.78, 5) is 20.5. The zero-order valence-corrected chi connectivity index (χ0v) is 12.4. The van der Waals surface area contributed by atoms with Gasteiger partial charge in [-0.3, -0.25) is 4.79 Å². The summed E-state index contributed by atoms with van der Waals surface area (Å²) in [6, 6.07) is 1.59. The molecular formula is C15H18N4O3. The van der Waals surface area contributed by atoms with Crippen LogP contribution in [0.4, 0.5) is 0 Å². The smallest absolute Gasteiger partial charge is 0.290 e. The van der Waals surface area contributed by atoms with E-state index in [1.54, 1.807) is 25.4 Å². The van der Waals surface area contributed by atoms with Gasteiger partial charge in [0.15, 0.2) is 5.82 Å². The molecule has 0 unspecified atom stereocenters. The Morgan fingerprint density at radius 2 is 2.18 bits per heavy atom. The van der Waals surface area contributed by atoms with E-state index >= 15 is 0 Å². The van der Waals surface area contributed by atoms with Crippen molar-refractivity contribution in [2.24, 2.45) is 0 Å². The van der Waals surface area contributed by atoms with E-state index in [2.05, 4.69) is 20.4 Å². The van der Waals surface area contributed by atoms with Gasteiger partial charge in [-0.05, 0) is 26.2 Å². The average molecular weight is 302 g/mol. The average Bonchev–Trinajstić information content (AvgIpc) is 3.00. The molecule has 7 nitrogen and oxygen atoms in total. The quantitative estimate of drug-likeness (QED) is 0.928. The number of hydrogen-bond acceptors (Lipinski definition) is 6. The highest BCUT2D eigenvalue weighted by atomic mass is 16.5. The van der Waals surface area contributed by atoms with Crippen LogP contribution in [0.5, 0.6) is 0 Å². The number of amides is 1. The standard InChI is InChI=1S/C15H18N4O3/c1-10-6-13(22-19-10)15(20)18-9-11-7-16-14(17-8-11)12-4-2-3-5-21-12/h6-8,12H,2-5,9H2,1H3,(H,18,20)/t12-/m0/s1. The number of rotatable bonds is 4. The van der Waals surface area contributed by atoms with Crippen LogP contribution in [-0.2, 0) is 11.3 Å². The molecular weight excluding hydrogens is 284 g/mol. The second kappa shape index (κ2) is 6.65. The van der Waals surface area contributed by atoms with E-state index in [-0.39, 0.29) is 17.8 Å². The highest BCUT2D eigenvalue weighted by molar-refractivity contribution is 5.91. The molecule has 2 aromatic heterocycles. The van der Waals surface area contributed by atoms with E-state index in [1.165, 1.54) is 0 Å². The van der Waals surface area contributed by atoms with Crippen LogP contribution in [0.1, 0.15) is 53.0 Å². The highest BCUT2D eigenvalue weighted by Crippen LogP contribution is 2.24. The summed E-state index contributed by atoms with van der Waals surface area (Å²) in [5, 5.41) is 6.43. The van der Waals surface area contributed by atoms with Gasteiger partial charge in [0.2, 0.25) is 5.76 Å². The molecule has 1 N–H and O–H groups in total. The molecule has 1 amide bonds. The Bertz CT molecular complexity index is 632. The van der Waals surface area contributed by atoms with Gasteiger partial charge >= 0.3 is 0 Å². The van der Waals surface area contributed by atoms with E-state index in [4.69, 9.17) is 9.26 Å². The summed E-state index contributed by atoms with van der Waals surface area (Å²) in [6.45, 7) is 2.87. The van der Waals surface area contributed by atoms with Gasteiger partial charge in [-0.1, -0.05) is 5.16 Å². The largest absolute Gasteiger partial charge is 0.370 e. The lowest BCUT2D eigenvalue weighted by Gasteiger charge is -2.21. The lowest BCUT2D eigenvalue weighted by atomic mass is 10.1. The second-order valence-corrected chi connectivity index (χ2v) is 5.32. The van der Waals surface area contributed by atoms with Crippen molar-refractivity contribution in [1.29, 1.82) is 0 Å². The van der Waals surface area contributed by atoms with Crippen LogP contribution in [-0.4, -0.2) is 27.6 Å². The highest BCUT2D eigenvalue weighted by Gasteiger charge is 2.18. The Hall–Kier alpha value is -2.28. The number of nitrogens with zero attached hydrogens (tertiary/aromatic N) is 3. The molecule has 1 saturated heterocycles. The molecule has 2 aromatic rings. The van der Waals surface area contributed by atoms with Gasteiger partial charge < -0.3 is 14.6 Å². The minimum absolute atomic E-state index is 0.00504. The molecule has 0 aromatic carbocycles. The fourth-order valence-electron chi connectivity index (χ4n) is 2.31. The van der Waals surface area contributed by atoms with Crippen LogP contribution >= 0.6 is 0 Å². The van der Waals surface area contributed by atoms with Crippen LogP contribution in [0.25, 0.3) is 0 Å². The first kappa shape index (κ1) is 14.6. The molecule has 0 radical (unpaired) electrons. The second-order valence-electron chi connectivity index (χ2n) is 5.32. The number of hydrogen-bond donors (Lipinski definition) is 1. The first-order valence-electron chi connectivity index (χ1n) is 7.36. The molecule has 3 heterocycles. The Morgan fingerprint density at radius 1 is 1.36 bits per heavy atom. The first-order chi connectivity index (χ1) is 10.7. The molecule has 22 heavy (non-hydrogen) atoms. The Morgan fingerprint density at radius 3 is 2.82 bits per heavy atom. The van der Waals surface area contributed by atoms with Gasteiger partial charge in [-0.25, -0.2) is 9.97 Å². The first-order valence-corrected chi connectivity index (χ1v) is 7.36. The number of aryl methyl sites for hydroxylation is 1. The van der Waals surface area contributed by atoms with Crippen LogP contribution in [0.2, 0.25) is 0 Å². The van der Waals surface area contributed by atoms with Crippen molar-refractivity contribution < 1.29 is 14.1 Å². The third kappa shape index (κ3) is 3.48. The minimum atomic E-state index is -0.305. The lowest BCUT2D eigenvalue weighted by molar-refractivity contribution is 0.00940. The van der Waals surface area contributed by atoms with Crippen molar-refractivity contribution in [2.75, 3.05) is 6.61 Å². The Kier molecular flexibility index (Phi) is 4.43. The zero-order valence-electron chi connectivity index (χ0n) is 12.4. The number of nitrogens with one attached hydrogen (secondary N) is 1. The molecule has 0 spiro atoms. The molecule has 1 aliphatic heterocycles. The Labute approximate surface area is 128 Å². The summed E-state index contributed by atoms with van der Waals surface area (Å²) < 4.78 is 10.6. The lowest BCUT2D eigenvalue weighted by Crippen LogP contribution is -2.22. The van der Waals surface area contributed by atoms with Gasteiger partial charge in [0.25, 0.3) is 5.91 Å². The van der Waals surface area contributed by atoms with Crippen LogP contribution in [0.15, 0.2) is 23.0 Å². The van der Waals surface area contributed by atoms with Gasteiger partial charge in [0.1, 0.15) is 6.10 Å². The fourth-order valence-corrected chi connectivity index (χ4v) is 2.31. The predicted octanol–water partition coefficient (Wildman–Crippen LogP) is 1.94. The molecule has 116 valence electrons. The van der Waals surface area contributed by atoms with Crippen LogP contribution < -0.4 is 5.32 Å². The van der Waals surface area contributed by atoms with Crippen molar-refractivity contribution >= 4 is 5.91 Å². The van der Waals surface area contributed by atoms with Gasteiger partial charge in [0, 0.05) is 37.2 Å². The molecule has 1 aliphatic rings. The van der Waals surface area contributed by atoms with Crippen molar-refractivity contribution in [3.05, 3.63) is 41.3 Å². The SMILES string of the molecule is Cc1cc(C(=O)NCc2cnc([C@@H]3CCCCO3)nc2)on1. The summed E-state index contributed by atoms with van der Waals surface area (Å²) in [5.41, 5.74) is 1.49. The van der Waals surface area contributed by atoms with Crippen LogP contribution in [0, 0.1) is 6.92 Å². The predicted molar refractivity (Wildman–Crippen MR) is 77.0 cm³/mol. The zero-order chi connectivity index (χ0) is 15.4. The number of aromatic nitrogens is 3. The van der Waals surface area contributed by atoms with Crippen molar-refractivity contribution in [3.63, 3.8) is 0 Å². The minimum Gasteiger partial charge on any atom is -0.370 e. The van der Waals surface area contributed by atoms with Gasteiger partial charge in [-0.2, -0.15) is 0 Å². The molecule has 7 heteroatoms. The summed E-state index contributed by atoms with van der Waals surface area (Å²) in [6.07, 6.45) is 6.62. The maximum Gasteiger partial charge on any atom is 0.290 e. The van der Waals surface area contributed by atoms with Crippen molar-refractivity contribution in [2.45, 2.75) is 38.8 Å². The third-order valence-electron chi connectivity index (χ3n) is 3.50. The van der Waals surface area contributed by atoms with E-state index in [9.17, 15) is 4.79 Å². The van der Waals surface area contributed by atoms with Gasteiger partial charge in [0.05, 0.1) is 5.69 Å². The maximum absolute atomic E-state index is 11.8. The molecule has 0 bridgehead atoms. The molecule has 3 rings (SSSR count). The van der Waals surface area contributed by atoms with E-state index in [0.29, 0.717) is 18.1 Å². The molecule has 0 saturated carbocycles. The fraction of sp³-hybridized carbons (Fsp3) is 0.467. The third-order valence-corrected chi connectivity index (χ3v) is 3.50. The molecule has 1 fully saturated rings. The summed E-state index contributed by atoms with van der Waals surface area (Å²) in [5.74, 6) is 0.603. The molecule has 0 aliphatic carbocycles. The van der Waals surface area contributed by atoms with E-state index < -0.39 is 0 Å². The van der Waals surface area contributed by atoms with Crippen molar-refractivity contribution in [1.82, 2.24) is 20.4 Å². The topological polar surface area (TPSA) is 90.1 Å². The van der Waals surface area contributed by atoms with E-state index in [1.807, 2.05) is 0 Å². The summed E-state index contributed by atoms with van der Waals surface area (Å²) in [7, 11) is 0. The normalized spacial score (nSPS) is 18.1. The van der Waals surface area contributed by atoms with Gasteiger partial charge in [-0.15, -0.1) is 0 Å². The van der Waals surface area contributed by atoms with Crippen molar-refractivity contribution in [3.8, 4) is 0 Å². The molecule has 1 atom stereocenters.